The van der Waals surface area contributed by atoms with Gasteiger partial charge in [0.05, 0.1) is 24.9 Å². The van der Waals surface area contributed by atoms with Gasteiger partial charge in [-0.05, 0) is 30.9 Å². The van der Waals surface area contributed by atoms with Crippen LogP contribution in [0.1, 0.15) is 44.4 Å². The Morgan fingerprint density at radius 2 is 1.90 bits per heavy atom. The van der Waals surface area contributed by atoms with Crippen LogP contribution in [-0.2, 0) is 17.9 Å². The average molecular weight is 408 g/mol. The second-order valence-electron chi connectivity index (χ2n) is 8.03. The van der Waals surface area contributed by atoms with E-state index in [0.29, 0.717) is 19.5 Å². The third kappa shape index (κ3) is 4.42. The first-order chi connectivity index (χ1) is 14.7. The maximum absolute atomic E-state index is 12.8. The summed E-state index contributed by atoms with van der Waals surface area (Å²) in [6, 6.07) is 13.8. The smallest absolute Gasteiger partial charge is 0.232 e. The Morgan fingerprint density at radius 1 is 1.13 bits per heavy atom. The predicted molar refractivity (Wildman–Crippen MR) is 116 cm³/mol. The molecule has 3 aromatic rings. The molecule has 0 unspecified atom stereocenters. The van der Waals surface area contributed by atoms with Gasteiger partial charge in [-0.1, -0.05) is 49.3 Å². The molecule has 1 saturated heterocycles. The van der Waals surface area contributed by atoms with Crippen molar-refractivity contribution in [2.45, 2.75) is 46.2 Å². The number of furan rings is 1. The van der Waals surface area contributed by atoms with Crippen molar-refractivity contribution in [2.24, 2.45) is 5.92 Å². The summed E-state index contributed by atoms with van der Waals surface area (Å²) < 4.78 is 11.4. The summed E-state index contributed by atoms with van der Waals surface area (Å²) in [6.07, 6.45) is 4.33. The molecular weight excluding hydrogens is 378 g/mol. The van der Waals surface area contributed by atoms with Crippen LogP contribution in [0.5, 0.6) is 0 Å². The molecule has 4 rings (SSSR count). The topological polar surface area (TPSA) is 62.7 Å². The molecule has 3 heterocycles. The van der Waals surface area contributed by atoms with Gasteiger partial charge in [0.2, 0.25) is 11.8 Å². The van der Waals surface area contributed by atoms with E-state index in [1.807, 2.05) is 54.3 Å². The van der Waals surface area contributed by atoms with Crippen LogP contribution in [0.2, 0.25) is 0 Å². The quantitative estimate of drug-likeness (QED) is 0.545. The summed E-state index contributed by atoms with van der Waals surface area (Å²) >= 11 is 0. The molecule has 0 radical (unpaired) electrons. The molecule has 2 aromatic heterocycles. The maximum atomic E-state index is 12.8. The van der Waals surface area contributed by atoms with Gasteiger partial charge in [-0.15, -0.1) is 0 Å². The predicted octanol–water partition coefficient (Wildman–Crippen LogP) is 5.11. The highest BCUT2D eigenvalue weighted by Gasteiger charge is 2.28. The number of carbonyl (C=O) groups excluding carboxylic acids is 1. The summed E-state index contributed by atoms with van der Waals surface area (Å²) in [5, 5.41) is 4.44. The number of rotatable bonds is 7. The molecular formula is C24H29N3O3. The third-order valence-corrected chi connectivity index (χ3v) is 5.82. The molecule has 1 amide bonds. The lowest BCUT2D eigenvalue weighted by Gasteiger charge is -2.31. The molecule has 0 N–H and O–H groups in total. The van der Waals surface area contributed by atoms with Gasteiger partial charge >= 0.3 is 0 Å². The van der Waals surface area contributed by atoms with E-state index in [-0.39, 0.29) is 5.91 Å². The van der Waals surface area contributed by atoms with Gasteiger partial charge in [-0.3, -0.25) is 4.79 Å². The van der Waals surface area contributed by atoms with E-state index in [2.05, 4.69) is 17.0 Å². The van der Waals surface area contributed by atoms with E-state index >= 15 is 0 Å². The van der Waals surface area contributed by atoms with Crippen LogP contribution in [0.4, 0.5) is 5.88 Å². The Balaban J connectivity index is 1.69. The zero-order valence-corrected chi connectivity index (χ0v) is 17.7. The summed E-state index contributed by atoms with van der Waals surface area (Å²) in [6.45, 7) is 6.92. The first-order valence-electron chi connectivity index (χ1n) is 10.7. The lowest BCUT2D eigenvalue weighted by atomic mass is 9.98. The van der Waals surface area contributed by atoms with Gasteiger partial charge in [0.25, 0.3) is 0 Å². The van der Waals surface area contributed by atoms with Crippen LogP contribution >= 0.6 is 0 Å². The number of hydrogen-bond acceptors (Lipinski definition) is 5. The fraction of sp³-hybridized carbons (Fsp3) is 0.417. The summed E-state index contributed by atoms with van der Waals surface area (Å²) in [4.78, 5) is 16.9. The zero-order valence-electron chi connectivity index (χ0n) is 17.7. The first-order valence-corrected chi connectivity index (χ1v) is 10.7. The van der Waals surface area contributed by atoms with Crippen LogP contribution in [0, 0.1) is 5.92 Å². The van der Waals surface area contributed by atoms with E-state index in [0.717, 1.165) is 60.3 Å². The minimum absolute atomic E-state index is 0.0739. The molecule has 0 saturated carbocycles. The second kappa shape index (κ2) is 9.20. The zero-order chi connectivity index (χ0) is 20.9. The largest absolute Gasteiger partial charge is 0.467 e. The number of anilines is 1. The Labute approximate surface area is 177 Å². The van der Waals surface area contributed by atoms with Crippen LogP contribution in [0.15, 0.2) is 57.7 Å². The van der Waals surface area contributed by atoms with Gasteiger partial charge in [0, 0.05) is 25.1 Å². The second-order valence-corrected chi connectivity index (χ2v) is 8.03. The van der Waals surface area contributed by atoms with Gasteiger partial charge in [-0.2, -0.15) is 0 Å². The number of hydrogen-bond donors (Lipinski definition) is 0. The number of carbonyl (C=O) groups is 1. The van der Waals surface area contributed by atoms with Crippen molar-refractivity contribution in [1.82, 2.24) is 10.1 Å². The van der Waals surface area contributed by atoms with Crippen molar-refractivity contribution in [3.8, 4) is 11.3 Å². The van der Waals surface area contributed by atoms with Gasteiger partial charge in [-0.25, -0.2) is 0 Å². The van der Waals surface area contributed by atoms with Crippen LogP contribution < -0.4 is 4.90 Å². The number of nitrogens with zero attached hydrogens (tertiary/aromatic N) is 3. The molecule has 6 heteroatoms. The molecule has 1 aliphatic rings. The molecule has 0 aliphatic carbocycles. The van der Waals surface area contributed by atoms with Crippen molar-refractivity contribution >= 4 is 11.8 Å². The Hall–Kier alpha value is -3.02. The van der Waals surface area contributed by atoms with Crippen LogP contribution in [0.3, 0.4) is 0 Å². The molecule has 158 valence electrons. The Morgan fingerprint density at radius 3 is 2.57 bits per heavy atom. The molecule has 1 aromatic carbocycles. The molecule has 1 aliphatic heterocycles. The van der Waals surface area contributed by atoms with Crippen LogP contribution in [-0.4, -0.2) is 29.1 Å². The Bertz CT molecular complexity index is 942. The van der Waals surface area contributed by atoms with Crippen molar-refractivity contribution in [1.29, 1.82) is 0 Å². The van der Waals surface area contributed by atoms with Gasteiger partial charge < -0.3 is 18.7 Å². The van der Waals surface area contributed by atoms with E-state index in [1.165, 1.54) is 0 Å². The molecule has 0 atom stereocenters. The fourth-order valence-electron chi connectivity index (χ4n) is 3.96. The first kappa shape index (κ1) is 20.3. The lowest BCUT2D eigenvalue weighted by Crippen LogP contribution is -2.34. The number of piperidine rings is 1. The average Bonchev–Trinajstić information content (AvgIpc) is 3.44. The molecule has 6 nitrogen and oxygen atoms in total. The van der Waals surface area contributed by atoms with Crippen LogP contribution in [0.25, 0.3) is 11.3 Å². The monoisotopic (exact) mass is 407 g/mol. The van der Waals surface area contributed by atoms with Gasteiger partial charge in [0.15, 0.2) is 0 Å². The molecule has 0 spiro atoms. The maximum Gasteiger partial charge on any atom is 0.232 e. The normalized spacial score (nSPS) is 14.8. The highest BCUT2D eigenvalue weighted by atomic mass is 16.5. The third-order valence-electron chi connectivity index (χ3n) is 5.82. The molecule has 30 heavy (non-hydrogen) atoms. The summed E-state index contributed by atoms with van der Waals surface area (Å²) in [7, 11) is 0. The minimum atomic E-state index is 0.0739. The molecule has 0 bridgehead atoms. The summed E-state index contributed by atoms with van der Waals surface area (Å²) in [5.41, 5.74) is 2.76. The number of aromatic nitrogens is 1. The van der Waals surface area contributed by atoms with E-state index < -0.39 is 0 Å². The number of benzene rings is 1. The lowest BCUT2D eigenvalue weighted by molar-refractivity contribution is -0.132. The minimum Gasteiger partial charge on any atom is -0.467 e. The van der Waals surface area contributed by atoms with Gasteiger partial charge in [0.1, 0.15) is 11.5 Å². The van der Waals surface area contributed by atoms with Crippen molar-refractivity contribution in [2.75, 3.05) is 18.0 Å². The highest BCUT2D eigenvalue weighted by Crippen LogP contribution is 2.34. The highest BCUT2D eigenvalue weighted by molar-refractivity contribution is 5.77. The fourth-order valence-corrected chi connectivity index (χ4v) is 3.96. The van der Waals surface area contributed by atoms with E-state index in [9.17, 15) is 4.79 Å². The van der Waals surface area contributed by atoms with E-state index in [4.69, 9.17) is 8.94 Å². The summed E-state index contributed by atoms with van der Waals surface area (Å²) in [5.74, 6) is 2.35. The Kier molecular flexibility index (Phi) is 6.21. The van der Waals surface area contributed by atoms with Crippen molar-refractivity contribution in [3.63, 3.8) is 0 Å². The SMILES string of the molecule is CCC(=O)N(Cc1ccco1)Cc1c(-c2ccccc2)noc1N1CCC(C)CC1. The number of amides is 1. The van der Waals surface area contributed by atoms with Crippen molar-refractivity contribution in [3.05, 3.63) is 60.1 Å². The van der Waals surface area contributed by atoms with E-state index in [1.54, 1.807) is 6.26 Å². The molecule has 1 fully saturated rings. The van der Waals surface area contributed by atoms with Crippen molar-refractivity contribution < 1.29 is 13.7 Å². The standard InChI is InChI=1S/C24H29N3O3/c1-3-22(28)27(16-20-10-7-15-29-20)17-21-23(19-8-5-4-6-9-19)25-30-24(21)26-13-11-18(2)12-14-26/h4-10,15,18H,3,11-14,16-17H2,1-2H3.